The highest BCUT2D eigenvalue weighted by Gasteiger charge is 2.66. The number of carbonyl (C=O) groups is 3. The van der Waals surface area contributed by atoms with Crippen LogP contribution in [0.25, 0.3) is 5.76 Å². The average Bonchev–Trinajstić information content (AvgIpc) is 3.21. The highest BCUT2D eigenvalue weighted by Crippen LogP contribution is 2.53. The summed E-state index contributed by atoms with van der Waals surface area (Å²) < 4.78 is 13.6. The number of anilines is 1. The maximum absolute atomic E-state index is 14.3. The first-order chi connectivity index (χ1) is 16.7. The minimum absolute atomic E-state index is 0.157. The summed E-state index contributed by atoms with van der Waals surface area (Å²) in [7, 11) is 3.81. The van der Waals surface area contributed by atoms with Gasteiger partial charge in [-0.3, -0.25) is 14.4 Å². The molecular weight excluding hydrogens is 449 g/mol. The number of amides is 2. The Morgan fingerprint density at radius 1 is 1.00 bits per heavy atom. The van der Waals surface area contributed by atoms with Crippen molar-refractivity contribution in [1.82, 2.24) is 9.80 Å². The van der Waals surface area contributed by atoms with Crippen LogP contribution in [0.5, 0.6) is 0 Å². The van der Waals surface area contributed by atoms with Gasteiger partial charge in [0.25, 0.3) is 17.6 Å². The van der Waals surface area contributed by atoms with Gasteiger partial charge < -0.3 is 19.8 Å². The van der Waals surface area contributed by atoms with E-state index in [0.29, 0.717) is 30.8 Å². The van der Waals surface area contributed by atoms with E-state index in [4.69, 9.17) is 0 Å². The molecule has 35 heavy (non-hydrogen) atoms. The molecule has 1 fully saturated rings. The number of para-hydroxylation sites is 1. The van der Waals surface area contributed by atoms with Crippen molar-refractivity contribution >= 4 is 29.0 Å². The minimum atomic E-state index is -1.77. The zero-order valence-electron chi connectivity index (χ0n) is 20.3. The predicted molar refractivity (Wildman–Crippen MR) is 131 cm³/mol. The number of aliphatic hydroxyl groups is 1. The van der Waals surface area contributed by atoms with Crippen LogP contribution in [0.4, 0.5) is 10.1 Å². The Labute approximate surface area is 204 Å². The molecule has 0 bridgehead atoms. The largest absolute Gasteiger partial charge is 0.507 e. The molecule has 1 spiro atoms. The Morgan fingerprint density at radius 2 is 1.69 bits per heavy atom. The summed E-state index contributed by atoms with van der Waals surface area (Å²) in [5, 5.41) is 11.3. The molecule has 0 aliphatic carbocycles. The number of unbranched alkanes of at least 4 members (excludes halogenated alkanes) is 1. The van der Waals surface area contributed by atoms with E-state index in [2.05, 4.69) is 0 Å². The molecule has 1 unspecified atom stereocenters. The summed E-state index contributed by atoms with van der Waals surface area (Å²) in [4.78, 5) is 46.0. The van der Waals surface area contributed by atoms with E-state index < -0.39 is 34.7 Å². The highest BCUT2D eigenvalue weighted by molar-refractivity contribution is 6.50. The van der Waals surface area contributed by atoms with Crippen LogP contribution in [-0.4, -0.2) is 66.2 Å². The number of carbonyl (C=O) groups excluding carboxylic acids is 3. The van der Waals surface area contributed by atoms with E-state index in [1.54, 1.807) is 23.1 Å². The lowest BCUT2D eigenvalue weighted by Crippen LogP contribution is -2.52. The molecule has 8 heteroatoms. The lowest BCUT2D eigenvalue weighted by atomic mass is 9.82. The number of halogens is 1. The van der Waals surface area contributed by atoms with Crippen LogP contribution in [0.3, 0.4) is 0 Å². The molecule has 2 aliphatic heterocycles. The molecule has 2 amide bonds. The lowest BCUT2D eigenvalue weighted by Gasteiger charge is -2.34. The number of rotatable bonds is 8. The van der Waals surface area contributed by atoms with Crippen LogP contribution >= 0.6 is 0 Å². The van der Waals surface area contributed by atoms with Crippen molar-refractivity contribution in [3.8, 4) is 0 Å². The van der Waals surface area contributed by atoms with Crippen molar-refractivity contribution in [2.45, 2.75) is 31.7 Å². The zero-order chi connectivity index (χ0) is 25.3. The molecular formula is C27H30FN3O4. The fourth-order valence-corrected chi connectivity index (χ4v) is 5.00. The summed E-state index contributed by atoms with van der Waals surface area (Å²) in [6.45, 7) is 3.24. The monoisotopic (exact) mass is 479 g/mol. The lowest BCUT2D eigenvalue weighted by molar-refractivity contribution is -0.143. The van der Waals surface area contributed by atoms with Crippen LogP contribution in [0.1, 0.15) is 37.3 Å². The molecule has 184 valence electrons. The maximum Gasteiger partial charge on any atom is 0.296 e. The Kier molecular flexibility index (Phi) is 6.76. The summed E-state index contributed by atoms with van der Waals surface area (Å²) in [6.07, 6.45) is 2.12. The predicted octanol–water partition coefficient (Wildman–Crippen LogP) is 3.50. The third-order valence-electron chi connectivity index (χ3n) is 6.65. The van der Waals surface area contributed by atoms with Gasteiger partial charge in [-0.2, -0.15) is 0 Å². The number of nitrogens with zero attached hydrogens (tertiary/aromatic N) is 3. The Morgan fingerprint density at radius 3 is 2.34 bits per heavy atom. The van der Waals surface area contributed by atoms with Crippen LogP contribution < -0.4 is 4.90 Å². The first-order valence-electron chi connectivity index (χ1n) is 11.9. The Bertz CT molecular complexity index is 1190. The quantitative estimate of drug-likeness (QED) is 0.356. The molecule has 1 atom stereocenters. The number of Topliss-reactive ketones (excluding diaryl/α,β-unsaturated/α-hetero) is 1. The molecule has 0 radical (unpaired) electrons. The Balaban J connectivity index is 1.97. The summed E-state index contributed by atoms with van der Waals surface area (Å²) in [5.41, 5.74) is -0.766. The summed E-state index contributed by atoms with van der Waals surface area (Å²) in [6, 6.07) is 12.1. The van der Waals surface area contributed by atoms with Crippen LogP contribution in [0.2, 0.25) is 0 Å². The van der Waals surface area contributed by atoms with Gasteiger partial charge in [-0.05, 0) is 63.8 Å². The van der Waals surface area contributed by atoms with E-state index in [0.717, 1.165) is 25.0 Å². The van der Waals surface area contributed by atoms with E-state index in [1.807, 2.05) is 32.0 Å². The normalized spacial score (nSPS) is 21.0. The molecule has 1 N–H and O–H groups in total. The van der Waals surface area contributed by atoms with Gasteiger partial charge in [-0.1, -0.05) is 31.5 Å². The van der Waals surface area contributed by atoms with Gasteiger partial charge in [-0.15, -0.1) is 0 Å². The van der Waals surface area contributed by atoms with Crippen molar-refractivity contribution < 1.29 is 23.9 Å². The molecule has 0 saturated carbocycles. The molecule has 2 heterocycles. The first-order valence-corrected chi connectivity index (χ1v) is 11.9. The number of ketones is 1. The van der Waals surface area contributed by atoms with Crippen LogP contribution in [-0.2, 0) is 19.9 Å². The molecule has 4 rings (SSSR count). The van der Waals surface area contributed by atoms with Crippen LogP contribution in [0.15, 0.2) is 54.1 Å². The number of likely N-dealkylation sites (tertiary alicyclic amines) is 1. The smallest absolute Gasteiger partial charge is 0.296 e. The minimum Gasteiger partial charge on any atom is -0.507 e. The number of aliphatic hydroxyl groups excluding tert-OH is 1. The zero-order valence-corrected chi connectivity index (χ0v) is 20.3. The fraction of sp³-hybridized carbons (Fsp3) is 0.370. The third kappa shape index (κ3) is 3.91. The number of fused-ring (bicyclic) bond motifs is 2. The summed E-state index contributed by atoms with van der Waals surface area (Å²) >= 11 is 0. The Hall–Kier alpha value is -3.52. The molecule has 2 aromatic carbocycles. The van der Waals surface area contributed by atoms with Crippen molar-refractivity contribution in [3.63, 3.8) is 0 Å². The molecule has 7 nitrogen and oxygen atoms in total. The average molecular weight is 480 g/mol. The maximum atomic E-state index is 14.3. The highest BCUT2D eigenvalue weighted by atomic mass is 19.1. The van der Waals surface area contributed by atoms with Crippen LogP contribution in [0, 0.1) is 5.82 Å². The van der Waals surface area contributed by atoms with E-state index >= 15 is 0 Å². The van der Waals surface area contributed by atoms with Gasteiger partial charge in [0.05, 0.1) is 11.3 Å². The fourth-order valence-electron chi connectivity index (χ4n) is 5.00. The molecule has 2 aliphatic rings. The second-order valence-electron chi connectivity index (χ2n) is 9.21. The first kappa shape index (κ1) is 24.6. The summed E-state index contributed by atoms with van der Waals surface area (Å²) in [5.74, 6) is -3.17. The topological polar surface area (TPSA) is 81.2 Å². The third-order valence-corrected chi connectivity index (χ3v) is 6.65. The second kappa shape index (κ2) is 9.62. The number of hydrogen-bond donors (Lipinski definition) is 1. The van der Waals surface area contributed by atoms with Gasteiger partial charge in [0.15, 0.2) is 5.54 Å². The van der Waals surface area contributed by atoms with Crippen molar-refractivity contribution in [2.24, 2.45) is 0 Å². The van der Waals surface area contributed by atoms with Crippen molar-refractivity contribution in [1.29, 1.82) is 0 Å². The van der Waals surface area contributed by atoms with E-state index in [1.165, 1.54) is 17.0 Å². The number of benzene rings is 2. The number of hydrogen-bond acceptors (Lipinski definition) is 5. The van der Waals surface area contributed by atoms with Gasteiger partial charge in [0.2, 0.25) is 0 Å². The standard InChI is InChI=1S/C27H30FN3O4/c1-4-5-16-30-21-10-7-6-9-20(21)27(26(30)35)22(23(32)18-11-13-19(28)14-12-18)24(33)25(34)31(27)17-8-15-29(2)3/h6-7,9-14,32H,4-5,8,15-17H2,1-3H3/b23-22-. The van der Waals surface area contributed by atoms with Crippen molar-refractivity contribution in [3.05, 3.63) is 71.0 Å². The molecule has 1 saturated heterocycles. The SMILES string of the molecule is CCCCN1C(=O)C2(/C(=C(\O)c3ccc(F)cc3)C(=O)C(=O)N2CCCN(C)C)c2ccccc21. The van der Waals surface area contributed by atoms with Crippen molar-refractivity contribution in [2.75, 3.05) is 38.6 Å². The van der Waals surface area contributed by atoms with Gasteiger partial charge in [0, 0.05) is 24.2 Å². The van der Waals surface area contributed by atoms with Gasteiger partial charge in [0.1, 0.15) is 11.6 Å². The van der Waals surface area contributed by atoms with E-state index in [-0.39, 0.29) is 17.7 Å². The second-order valence-corrected chi connectivity index (χ2v) is 9.21. The van der Waals surface area contributed by atoms with Gasteiger partial charge >= 0.3 is 0 Å². The van der Waals surface area contributed by atoms with E-state index in [9.17, 15) is 23.9 Å². The van der Waals surface area contributed by atoms with Gasteiger partial charge in [-0.25, -0.2) is 4.39 Å². The molecule has 2 aromatic rings. The molecule has 0 aromatic heterocycles.